The van der Waals surface area contributed by atoms with E-state index in [2.05, 4.69) is 0 Å². The molecule has 0 spiro atoms. The minimum atomic E-state index is -1.24. The SMILES string of the molecule is CC(C)(C)OC(=O)N1CCN(C(=O)c2ccc(B3OC(C)(C)C(C)(C)O3)c(F)c2F)CC1. The van der Waals surface area contributed by atoms with Gasteiger partial charge in [0.25, 0.3) is 5.91 Å². The fourth-order valence-corrected chi connectivity index (χ4v) is 3.47. The van der Waals surface area contributed by atoms with Gasteiger partial charge < -0.3 is 23.8 Å². The fourth-order valence-electron chi connectivity index (χ4n) is 3.47. The van der Waals surface area contributed by atoms with E-state index in [1.165, 1.54) is 21.9 Å². The molecule has 0 saturated carbocycles. The zero-order valence-corrected chi connectivity index (χ0v) is 19.8. The van der Waals surface area contributed by atoms with Crippen LogP contribution in [0, 0.1) is 11.6 Å². The third kappa shape index (κ3) is 4.76. The molecule has 10 heteroatoms. The number of carbonyl (C=O) groups excluding carboxylic acids is 2. The standard InChI is InChI=1S/C22H31BF2N2O5/c1-20(2,3)30-19(29)27-12-10-26(11-13-27)18(28)14-8-9-15(17(25)16(14)24)23-31-21(4,5)22(6,7)32-23/h8-9H,10-13H2,1-7H3. The van der Waals surface area contributed by atoms with Crippen molar-refractivity contribution in [2.75, 3.05) is 26.2 Å². The lowest BCUT2D eigenvalue weighted by Crippen LogP contribution is -2.51. The van der Waals surface area contributed by atoms with Crippen molar-refractivity contribution in [3.8, 4) is 0 Å². The molecule has 32 heavy (non-hydrogen) atoms. The Bertz CT molecular complexity index is 892. The van der Waals surface area contributed by atoms with Crippen LogP contribution in [0.15, 0.2) is 12.1 Å². The first-order valence-corrected chi connectivity index (χ1v) is 10.7. The molecule has 0 atom stereocenters. The molecule has 0 aliphatic carbocycles. The summed E-state index contributed by atoms with van der Waals surface area (Å²) in [5.41, 5.74) is -2.49. The van der Waals surface area contributed by atoms with E-state index in [9.17, 15) is 18.4 Å². The van der Waals surface area contributed by atoms with Crippen LogP contribution < -0.4 is 5.46 Å². The van der Waals surface area contributed by atoms with E-state index in [-0.39, 0.29) is 37.2 Å². The Labute approximate surface area is 188 Å². The third-order valence-corrected chi connectivity index (χ3v) is 6.07. The molecule has 2 aliphatic rings. The number of halogens is 2. The Morgan fingerprint density at radius 2 is 1.44 bits per heavy atom. The smallest absolute Gasteiger partial charge is 0.444 e. The minimum absolute atomic E-state index is 0.0903. The highest BCUT2D eigenvalue weighted by molar-refractivity contribution is 6.62. The van der Waals surface area contributed by atoms with Gasteiger partial charge in [-0.25, -0.2) is 13.6 Å². The number of nitrogens with zero attached hydrogens (tertiary/aromatic N) is 2. The van der Waals surface area contributed by atoms with Crippen LogP contribution in [-0.2, 0) is 14.0 Å². The largest absolute Gasteiger partial charge is 0.497 e. The first kappa shape index (κ1) is 24.4. The van der Waals surface area contributed by atoms with Crippen molar-refractivity contribution in [2.45, 2.75) is 65.3 Å². The second-order valence-electron chi connectivity index (χ2n) is 10.2. The van der Waals surface area contributed by atoms with Gasteiger partial charge in [-0.05, 0) is 54.5 Å². The van der Waals surface area contributed by atoms with Crippen molar-refractivity contribution in [1.82, 2.24) is 9.80 Å². The maximum Gasteiger partial charge on any atom is 0.497 e. The van der Waals surface area contributed by atoms with Crippen LogP contribution in [0.5, 0.6) is 0 Å². The second kappa shape index (κ2) is 8.30. The summed E-state index contributed by atoms with van der Waals surface area (Å²) >= 11 is 0. The highest BCUT2D eigenvalue weighted by Gasteiger charge is 2.52. The molecule has 0 bridgehead atoms. The lowest BCUT2D eigenvalue weighted by molar-refractivity contribution is 0.00578. The number of ether oxygens (including phenoxy) is 1. The molecule has 0 aromatic heterocycles. The number of amides is 2. The number of carbonyl (C=O) groups is 2. The summed E-state index contributed by atoms with van der Waals surface area (Å²) in [4.78, 5) is 27.9. The summed E-state index contributed by atoms with van der Waals surface area (Å²) in [6, 6.07) is 2.58. The molecule has 2 saturated heterocycles. The Morgan fingerprint density at radius 1 is 0.938 bits per heavy atom. The van der Waals surface area contributed by atoms with Crippen LogP contribution >= 0.6 is 0 Å². The first-order valence-electron chi connectivity index (χ1n) is 10.7. The van der Waals surface area contributed by atoms with Crippen LogP contribution in [0.2, 0.25) is 0 Å². The highest BCUT2D eigenvalue weighted by atomic mass is 19.2. The summed E-state index contributed by atoms with van der Waals surface area (Å²) < 4.78 is 46.7. The lowest BCUT2D eigenvalue weighted by Gasteiger charge is -2.35. The van der Waals surface area contributed by atoms with Crippen LogP contribution in [-0.4, -0.2) is 71.9 Å². The molecule has 2 amide bonds. The molecule has 2 fully saturated rings. The molecule has 0 radical (unpaired) electrons. The quantitative estimate of drug-likeness (QED) is 0.646. The van der Waals surface area contributed by atoms with Gasteiger partial charge in [-0.15, -0.1) is 0 Å². The average Bonchev–Trinajstić information content (AvgIpc) is 2.89. The number of piperazine rings is 1. The van der Waals surface area contributed by atoms with Gasteiger partial charge in [0.05, 0.1) is 16.8 Å². The van der Waals surface area contributed by atoms with Crippen molar-refractivity contribution in [2.24, 2.45) is 0 Å². The Kier molecular flexibility index (Phi) is 6.34. The van der Waals surface area contributed by atoms with Gasteiger partial charge in [0, 0.05) is 31.6 Å². The van der Waals surface area contributed by atoms with E-state index in [0.29, 0.717) is 0 Å². The molecule has 3 rings (SSSR count). The monoisotopic (exact) mass is 452 g/mol. The van der Waals surface area contributed by atoms with Gasteiger partial charge in [0.15, 0.2) is 11.6 Å². The number of hydrogen-bond acceptors (Lipinski definition) is 5. The van der Waals surface area contributed by atoms with Crippen LogP contribution in [0.4, 0.5) is 13.6 Å². The van der Waals surface area contributed by atoms with Crippen molar-refractivity contribution in [3.05, 3.63) is 29.3 Å². The number of benzene rings is 1. The summed E-state index contributed by atoms with van der Waals surface area (Å²) in [7, 11) is -1.07. The molecule has 2 aliphatic heterocycles. The average molecular weight is 452 g/mol. The Balaban J connectivity index is 1.70. The first-order chi connectivity index (χ1) is 14.6. The molecule has 0 unspecified atom stereocenters. The lowest BCUT2D eigenvalue weighted by atomic mass is 9.78. The Morgan fingerprint density at radius 3 is 1.94 bits per heavy atom. The van der Waals surface area contributed by atoms with E-state index in [1.807, 2.05) is 27.7 Å². The van der Waals surface area contributed by atoms with Crippen LogP contribution in [0.1, 0.15) is 58.8 Å². The molecule has 176 valence electrons. The number of hydrogen-bond donors (Lipinski definition) is 0. The summed E-state index contributed by atoms with van der Waals surface area (Å²) in [6.07, 6.45) is -0.464. The molecular formula is C22H31BF2N2O5. The van der Waals surface area contributed by atoms with E-state index in [4.69, 9.17) is 14.0 Å². The van der Waals surface area contributed by atoms with Gasteiger partial charge in [-0.1, -0.05) is 6.07 Å². The highest BCUT2D eigenvalue weighted by Crippen LogP contribution is 2.36. The summed E-state index contributed by atoms with van der Waals surface area (Å²) in [5.74, 6) is -3.04. The normalized spacial score (nSPS) is 20.5. The van der Waals surface area contributed by atoms with E-state index >= 15 is 0 Å². The van der Waals surface area contributed by atoms with Gasteiger partial charge >= 0.3 is 13.2 Å². The van der Waals surface area contributed by atoms with Gasteiger partial charge in [-0.3, -0.25) is 4.79 Å². The second-order valence-corrected chi connectivity index (χ2v) is 10.2. The minimum Gasteiger partial charge on any atom is -0.444 e. The Hall–Kier alpha value is -2.20. The predicted molar refractivity (Wildman–Crippen MR) is 116 cm³/mol. The molecule has 2 heterocycles. The van der Waals surface area contributed by atoms with Crippen LogP contribution in [0.25, 0.3) is 0 Å². The summed E-state index contributed by atoms with van der Waals surface area (Å²) in [5, 5.41) is 0. The molecule has 1 aromatic carbocycles. The number of rotatable bonds is 2. The van der Waals surface area contributed by atoms with Crippen LogP contribution in [0.3, 0.4) is 0 Å². The molecular weight excluding hydrogens is 421 g/mol. The maximum atomic E-state index is 14.9. The third-order valence-electron chi connectivity index (χ3n) is 6.07. The van der Waals surface area contributed by atoms with Crippen molar-refractivity contribution < 1.29 is 32.4 Å². The van der Waals surface area contributed by atoms with Crippen molar-refractivity contribution in [1.29, 1.82) is 0 Å². The van der Waals surface area contributed by atoms with Gasteiger partial charge in [0.2, 0.25) is 0 Å². The zero-order chi connectivity index (χ0) is 24.1. The predicted octanol–water partition coefficient (Wildman–Crippen LogP) is 2.96. The fraction of sp³-hybridized carbons (Fsp3) is 0.636. The van der Waals surface area contributed by atoms with Crippen molar-refractivity contribution in [3.63, 3.8) is 0 Å². The van der Waals surface area contributed by atoms with Crippen molar-refractivity contribution >= 4 is 24.6 Å². The van der Waals surface area contributed by atoms with Gasteiger partial charge in [-0.2, -0.15) is 0 Å². The zero-order valence-electron chi connectivity index (χ0n) is 19.8. The van der Waals surface area contributed by atoms with E-state index in [1.54, 1.807) is 20.8 Å². The van der Waals surface area contributed by atoms with E-state index < -0.39 is 47.6 Å². The molecule has 0 N–H and O–H groups in total. The van der Waals surface area contributed by atoms with E-state index in [0.717, 1.165) is 0 Å². The van der Waals surface area contributed by atoms with Gasteiger partial charge in [0.1, 0.15) is 5.60 Å². The summed E-state index contributed by atoms with van der Waals surface area (Å²) in [6.45, 7) is 13.5. The maximum absolute atomic E-state index is 14.9. The topological polar surface area (TPSA) is 68.3 Å². The molecule has 7 nitrogen and oxygen atoms in total. The molecule has 1 aromatic rings.